The first-order valence-electron chi connectivity index (χ1n) is 6.24. The van der Waals surface area contributed by atoms with E-state index in [0.717, 1.165) is 27.2 Å². The molecule has 0 bridgehead atoms. The molecule has 0 unspecified atom stereocenters. The average Bonchev–Trinajstić information content (AvgIpc) is 3.16. The number of benzene rings is 1. The first kappa shape index (κ1) is 12.5. The van der Waals surface area contributed by atoms with E-state index < -0.39 is 0 Å². The average molecular weight is 314 g/mol. The van der Waals surface area contributed by atoms with E-state index in [9.17, 15) is 0 Å². The fourth-order valence-electron chi connectivity index (χ4n) is 2.06. The van der Waals surface area contributed by atoms with Crippen LogP contribution in [0.5, 0.6) is 0 Å². The molecule has 6 heteroatoms. The van der Waals surface area contributed by atoms with Crippen molar-refractivity contribution in [2.45, 2.75) is 0 Å². The van der Waals surface area contributed by atoms with Crippen LogP contribution in [0.2, 0.25) is 5.15 Å². The molecule has 4 nitrogen and oxygen atoms in total. The summed E-state index contributed by atoms with van der Waals surface area (Å²) in [7, 11) is 0. The van der Waals surface area contributed by atoms with Crippen molar-refractivity contribution in [2.75, 3.05) is 0 Å². The number of nitrogens with zero attached hydrogens (tertiary/aromatic N) is 3. The number of fused-ring (bicyclic) bond motifs is 1. The van der Waals surface area contributed by atoms with Gasteiger partial charge in [-0.15, -0.1) is 21.5 Å². The first-order valence-corrected chi connectivity index (χ1v) is 7.49. The van der Waals surface area contributed by atoms with Crippen LogP contribution in [-0.2, 0) is 0 Å². The Kier molecular flexibility index (Phi) is 2.94. The highest BCUT2D eigenvalue weighted by Gasteiger charge is 2.10. The Morgan fingerprint density at radius 1 is 1.05 bits per heavy atom. The first-order chi connectivity index (χ1) is 10.3. The second-order valence-electron chi connectivity index (χ2n) is 4.42. The number of oxazole rings is 1. The molecule has 102 valence electrons. The zero-order valence-electron chi connectivity index (χ0n) is 10.7. The van der Waals surface area contributed by atoms with Crippen LogP contribution < -0.4 is 0 Å². The van der Waals surface area contributed by atoms with Crippen LogP contribution in [0.25, 0.3) is 33.1 Å². The van der Waals surface area contributed by atoms with E-state index in [1.165, 1.54) is 0 Å². The van der Waals surface area contributed by atoms with Crippen LogP contribution in [0.1, 0.15) is 0 Å². The Morgan fingerprint density at radius 3 is 2.76 bits per heavy atom. The van der Waals surface area contributed by atoms with E-state index in [0.29, 0.717) is 11.0 Å². The maximum atomic E-state index is 5.82. The lowest BCUT2D eigenvalue weighted by molar-refractivity contribution is 0.622. The second kappa shape index (κ2) is 4.95. The summed E-state index contributed by atoms with van der Waals surface area (Å²) in [5, 5.41) is 10.3. The Bertz CT molecular complexity index is 900. The van der Waals surface area contributed by atoms with Crippen molar-refractivity contribution in [3.8, 4) is 22.0 Å². The van der Waals surface area contributed by atoms with Crippen LogP contribution >= 0.6 is 22.9 Å². The summed E-state index contributed by atoms with van der Waals surface area (Å²) >= 11 is 7.35. The van der Waals surface area contributed by atoms with Gasteiger partial charge in [0.1, 0.15) is 5.52 Å². The number of rotatable bonds is 2. The minimum absolute atomic E-state index is 0.375. The molecule has 4 aromatic rings. The molecule has 0 aliphatic rings. The number of hydrogen-bond acceptors (Lipinski definition) is 5. The summed E-state index contributed by atoms with van der Waals surface area (Å²) in [5.74, 6) is 0.638. The SMILES string of the molecule is Clc1ccc(-c2ccc3nc(-c4cccs4)oc3c2)nn1. The topological polar surface area (TPSA) is 51.8 Å². The van der Waals surface area contributed by atoms with Gasteiger partial charge in [-0.2, -0.15) is 0 Å². The number of halogens is 1. The third-order valence-corrected chi connectivity index (χ3v) is 4.11. The Morgan fingerprint density at radius 2 is 2.00 bits per heavy atom. The second-order valence-corrected chi connectivity index (χ2v) is 5.76. The quantitative estimate of drug-likeness (QED) is 0.540. The zero-order valence-corrected chi connectivity index (χ0v) is 12.2. The van der Waals surface area contributed by atoms with Crippen molar-refractivity contribution in [2.24, 2.45) is 0 Å². The Balaban J connectivity index is 1.81. The molecule has 0 aliphatic heterocycles. The molecule has 0 aliphatic carbocycles. The standard InChI is InChI=1S/C15H8ClN3OS/c16-14-6-5-10(18-19-14)9-3-4-11-12(8-9)20-15(17-11)13-2-1-7-21-13/h1-8H. The van der Waals surface area contributed by atoms with Gasteiger partial charge in [-0.3, -0.25) is 0 Å². The lowest BCUT2D eigenvalue weighted by Crippen LogP contribution is -1.86. The molecule has 0 N–H and O–H groups in total. The summed E-state index contributed by atoms with van der Waals surface area (Å²) in [6.07, 6.45) is 0. The highest BCUT2D eigenvalue weighted by atomic mass is 35.5. The largest absolute Gasteiger partial charge is 0.435 e. The summed E-state index contributed by atoms with van der Waals surface area (Å²) in [4.78, 5) is 5.50. The summed E-state index contributed by atoms with van der Waals surface area (Å²) in [6.45, 7) is 0. The molecular formula is C15H8ClN3OS. The third-order valence-electron chi connectivity index (χ3n) is 3.05. The normalized spacial score (nSPS) is 11.1. The van der Waals surface area contributed by atoms with Gasteiger partial charge in [0.25, 0.3) is 0 Å². The molecule has 0 saturated carbocycles. The van der Waals surface area contributed by atoms with Crippen molar-refractivity contribution in [3.05, 3.63) is 53.0 Å². The van der Waals surface area contributed by atoms with E-state index in [4.69, 9.17) is 16.0 Å². The van der Waals surface area contributed by atoms with Crippen molar-refractivity contribution < 1.29 is 4.42 Å². The molecule has 0 spiro atoms. The molecule has 0 atom stereocenters. The molecular weight excluding hydrogens is 306 g/mol. The maximum Gasteiger partial charge on any atom is 0.237 e. The highest BCUT2D eigenvalue weighted by Crippen LogP contribution is 2.29. The molecule has 0 saturated heterocycles. The van der Waals surface area contributed by atoms with E-state index in [1.807, 2.05) is 41.8 Å². The molecule has 0 fully saturated rings. The molecule has 0 amide bonds. The van der Waals surface area contributed by atoms with Gasteiger partial charge in [0.2, 0.25) is 5.89 Å². The Labute approximate surface area is 129 Å². The monoisotopic (exact) mass is 313 g/mol. The van der Waals surface area contributed by atoms with Gasteiger partial charge >= 0.3 is 0 Å². The van der Waals surface area contributed by atoms with Crippen LogP contribution in [0.15, 0.2) is 52.3 Å². The highest BCUT2D eigenvalue weighted by molar-refractivity contribution is 7.13. The minimum atomic E-state index is 0.375. The third kappa shape index (κ3) is 2.30. The number of hydrogen-bond donors (Lipinski definition) is 0. The van der Waals surface area contributed by atoms with Gasteiger partial charge in [0.05, 0.1) is 10.6 Å². The van der Waals surface area contributed by atoms with Crippen molar-refractivity contribution in [1.29, 1.82) is 0 Å². The van der Waals surface area contributed by atoms with Crippen LogP contribution in [0.4, 0.5) is 0 Å². The lowest BCUT2D eigenvalue weighted by atomic mass is 10.1. The molecule has 1 aromatic carbocycles. The van der Waals surface area contributed by atoms with Gasteiger partial charge in [-0.1, -0.05) is 23.7 Å². The minimum Gasteiger partial charge on any atom is -0.435 e. The van der Waals surface area contributed by atoms with Crippen molar-refractivity contribution in [1.82, 2.24) is 15.2 Å². The van der Waals surface area contributed by atoms with E-state index in [-0.39, 0.29) is 0 Å². The predicted molar refractivity (Wildman–Crippen MR) is 83.4 cm³/mol. The summed E-state index contributed by atoms with van der Waals surface area (Å²) in [6, 6.07) is 13.3. The van der Waals surface area contributed by atoms with Gasteiger partial charge < -0.3 is 4.42 Å². The lowest BCUT2D eigenvalue weighted by Gasteiger charge is -1.98. The van der Waals surface area contributed by atoms with Crippen LogP contribution in [0.3, 0.4) is 0 Å². The predicted octanol–water partition coefficient (Wildman–Crippen LogP) is 4.67. The molecule has 0 radical (unpaired) electrons. The number of thiophene rings is 1. The van der Waals surface area contributed by atoms with Crippen LogP contribution in [-0.4, -0.2) is 15.2 Å². The van der Waals surface area contributed by atoms with Gasteiger partial charge in [-0.25, -0.2) is 4.98 Å². The van der Waals surface area contributed by atoms with E-state index in [2.05, 4.69) is 15.2 Å². The fourth-order valence-corrected chi connectivity index (χ4v) is 2.81. The van der Waals surface area contributed by atoms with Gasteiger partial charge in [-0.05, 0) is 35.7 Å². The molecule has 21 heavy (non-hydrogen) atoms. The smallest absolute Gasteiger partial charge is 0.237 e. The molecule has 3 aromatic heterocycles. The van der Waals surface area contributed by atoms with Crippen LogP contribution in [0, 0.1) is 0 Å². The zero-order chi connectivity index (χ0) is 14.2. The summed E-state index contributed by atoms with van der Waals surface area (Å²) < 4.78 is 5.82. The van der Waals surface area contributed by atoms with Crippen molar-refractivity contribution in [3.63, 3.8) is 0 Å². The van der Waals surface area contributed by atoms with Crippen molar-refractivity contribution >= 4 is 34.0 Å². The fraction of sp³-hybridized carbons (Fsp3) is 0. The maximum absolute atomic E-state index is 5.82. The van der Waals surface area contributed by atoms with E-state index >= 15 is 0 Å². The van der Waals surface area contributed by atoms with E-state index in [1.54, 1.807) is 17.4 Å². The molecule has 3 heterocycles. The van der Waals surface area contributed by atoms with Gasteiger partial charge in [0.15, 0.2) is 10.7 Å². The Hall–Kier alpha value is -2.24. The summed E-state index contributed by atoms with van der Waals surface area (Å²) in [5.41, 5.74) is 3.22. The van der Waals surface area contributed by atoms with Gasteiger partial charge in [0, 0.05) is 5.56 Å². The molecule has 4 rings (SSSR count). The number of aromatic nitrogens is 3.